The van der Waals surface area contributed by atoms with Gasteiger partial charge in [0.2, 0.25) is 0 Å². The van der Waals surface area contributed by atoms with Gasteiger partial charge in [0, 0.05) is 6.42 Å². The number of nitrogens with zero attached hydrogens (tertiary/aromatic N) is 1. The molecule has 1 nitrogen and oxygen atoms in total. The third-order valence-corrected chi connectivity index (χ3v) is 2.05. The van der Waals surface area contributed by atoms with Crippen molar-refractivity contribution in [2.75, 3.05) is 0 Å². The van der Waals surface area contributed by atoms with Crippen LogP contribution in [-0.4, -0.2) is 4.32 Å². The summed E-state index contributed by atoms with van der Waals surface area (Å²) in [5, 5.41) is 8.54. The predicted octanol–water partition coefficient (Wildman–Crippen LogP) is 2.46. The van der Waals surface area contributed by atoms with Crippen molar-refractivity contribution < 1.29 is 4.39 Å². The van der Waals surface area contributed by atoms with Crippen LogP contribution in [0.4, 0.5) is 4.39 Å². The minimum absolute atomic E-state index is 0.273. The molecule has 10 heavy (non-hydrogen) atoms. The lowest BCUT2D eigenvalue weighted by molar-refractivity contribution is 0.647. The molecule has 1 aliphatic carbocycles. The highest BCUT2D eigenvalue weighted by molar-refractivity contribution is 9.10. The maximum absolute atomic E-state index is 12.3. The third kappa shape index (κ3) is 1.45. The van der Waals surface area contributed by atoms with Crippen molar-refractivity contribution in [2.24, 2.45) is 0 Å². The van der Waals surface area contributed by atoms with Crippen LogP contribution in [0, 0.1) is 11.3 Å². The Kier molecular flexibility index (Phi) is 1.91. The fourth-order valence-corrected chi connectivity index (χ4v) is 0.971. The Morgan fingerprint density at radius 2 is 2.50 bits per heavy atom. The van der Waals surface area contributed by atoms with E-state index in [9.17, 15) is 4.39 Å². The van der Waals surface area contributed by atoms with Crippen LogP contribution in [0.15, 0.2) is 24.1 Å². The second-order valence-electron chi connectivity index (χ2n) is 2.10. The fraction of sp³-hybridized carbons (Fsp3) is 0.286. The Labute approximate surface area is 67.0 Å². The van der Waals surface area contributed by atoms with Gasteiger partial charge in [-0.05, 0) is 12.2 Å². The minimum atomic E-state index is -0.678. The molecule has 0 heterocycles. The zero-order valence-corrected chi connectivity index (χ0v) is 6.73. The Hall–Kier alpha value is -0.620. The zero-order chi connectivity index (χ0) is 7.61. The van der Waals surface area contributed by atoms with Crippen molar-refractivity contribution in [3.05, 3.63) is 24.1 Å². The van der Waals surface area contributed by atoms with Gasteiger partial charge in [0.15, 0.2) is 0 Å². The molecular formula is C7H5BrFN. The second kappa shape index (κ2) is 2.55. The average Bonchev–Trinajstić information content (AvgIpc) is 1.96. The maximum atomic E-state index is 12.3. The molecule has 0 saturated heterocycles. The second-order valence-corrected chi connectivity index (χ2v) is 3.52. The summed E-state index contributed by atoms with van der Waals surface area (Å²) >= 11 is 3.16. The van der Waals surface area contributed by atoms with Gasteiger partial charge in [-0.15, -0.1) is 0 Å². The van der Waals surface area contributed by atoms with Crippen molar-refractivity contribution in [2.45, 2.75) is 10.7 Å². The molecule has 0 N–H and O–H groups in total. The maximum Gasteiger partial charge on any atom is 0.134 e. The van der Waals surface area contributed by atoms with Gasteiger partial charge < -0.3 is 0 Å². The van der Waals surface area contributed by atoms with Crippen molar-refractivity contribution in [3.63, 3.8) is 0 Å². The van der Waals surface area contributed by atoms with E-state index in [1.54, 1.807) is 0 Å². The third-order valence-electron chi connectivity index (χ3n) is 1.29. The molecule has 3 heteroatoms. The van der Waals surface area contributed by atoms with Gasteiger partial charge in [0.25, 0.3) is 0 Å². The molecule has 0 bridgehead atoms. The summed E-state index contributed by atoms with van der Waals surface area (Å²) in [5.74, 6) is -0.273. The van der Waals surface area contributed by atoms with Gasteiger partial charge in [-0.3, -0.25) is 0 Å². The Morgan fingerprint density at radius 1 is 1.80 bits per heavy atom. The van der Waals surface area contributed by atoms with Gasteiger partial charge >= 0.3 is 0 Å². The van der Waals surface area contributed by atoms with Crippen molar-refractivity contribution in [1.29, 1.82) is 5.26 Å². The summed E-state index contributed by atoms with van der Waals surface area (Å²) in [6.45, 7) is 0. The highest BCUT2D eigenvalue weighted by atomic mass is 79.9. The molecule has 52 valence electrons. The highest BCUT2D eigenvalue weighted by Crippen LogP contribution is 2.28. The van der Waals surface area contributed by atoms with E-state index in [0.717, 1.165) is 0 Å². The van der Waals surface area contributed by atoms with Crippen LogP contribution in [0.5, 0.6) is 0 Å². The lowest BCUT2D eigenvalue weighted by Crippen LogP contribution is -2.14. The summed E-state index contributed by atoms with van der Waals surface area (Å²) in [7, 11) is 0. The summed E-state index contributed by atoms with van der Waals surface area (Å²) in [4.78, 5) is 0. The summed E-state index contributed by atoms with van der Waals surface area (Å²) in [6, 6.07) is 2.02. The molecule has 1 aliphatic rings. The van der Waals surface area contributed by atoms with E-state index in [4.69, 9.17) is 5.26 Å². The van der Waals surface area contributed by atoms with Crippen LogP contribution < -0.4 is 0 Å². The first kappa shape index (κ1) is 7.49. The van der Waals surface area contributed by atoms with Crippen LogP contribution in [0.25, 0.3) is 0 Å². The van der Waals surface area contributed by atoms with E-state index in [0.29, 0.717) is 6.42 Å². The van der Waals surface area contributed by atoms with Gasteiger partial charge in [0.1, 0.15) is 10.2 Å². The van der Waals surface area contributed by atoms with Gasteiger partial charge in [0.05, 0.1) is 6.07 Å². The predicted molar refractivity (Wildman–Crippen MR) is 40.2 cm³/mol. The smallest absolute Gasteiger partial charge is 0.134 e. The number of nitriles is 1. The summed E-state index contributed by atoms with van der Waals surface area (Å²) in [5.41, 5.74) is 0. The summed E-state index contributed by atoms with van der Waals surface area (Å²) < 4.78 is 11.6. The molecule has 0 saturated carbocycles. The first-order valence-electron chi connectivity index (χ1n) is 2.81. The van der Waals surface area contributed by atoms with E-state index in [-0.39, 0.29) is 5.83 Å². The number of halogens is 2. The van der Waals surface area contributed by atoms with Crippen molar-refractivity contribution >= 4 is 15.9 Å². The number of alkyl halides is 1. The number of rotatable bonds is 0. The van der Waals surface area contributed by atoms with Crippen molar-refractivity contribution in [1.82, 2.24) is 0 Å². The molecule has 1 unspecified atom stereocenters. The molecule has 1 rings (SSSR count). The lowest BCUT2D eigenvalue weighted by atomic mass is 10.0. The standard InChI is InChI=1S/C7H5BrFN/c8-7(5-10)3-1-6(9)2-4-7/h1-3H,4H2. The van der Waals surface area contributed by atoms with Gasteiger partial charge in [-0.1, -0.05) is 22.0 Å². The highest BCUT2D eigenvalue weighted by Gasteiger charge is 2.23. The molecular weight excluding hydrogens is 197 g/mol. The fourth-order valence-electron chi connectivity index (χ4n) is 0.677. The van der Waals surface area contributed by atoms with E-state index >= 15 is 0 Å². The molecule has 0 aromatic carbocycles. The Bertz CT molecular complexity index is 238. The quantitative estimate of drug-likeness (QED) is 0.553. The first-order chi connectivity index (χ1) is 4.66. The minimum Gasteiger partial charge on any atom is -0.207 e. The normalized spacial score (nSPS) is 31.1. The number of hydrogen-bond donors (Lipinski definition) is 0. The lowest BCUT2D eigenvalue weighted by Gasteiger charge is -2.14. The molecule has 0 aromatic rings. The average molecular weight is 202 g/mol. The SMILES string of the molecule is N#CC1(Br)C=CC(F)=CC1. The number of allylic oxidation sites excluding steroid dienone is 4. The van der Waals surface area contributed by atoms with E-state index in [2.05, 4.69) is 15.9 Å². The zero-order valence-electron chi connectivity index (χ0n) is 5.14. The molecule has 0 amide bonds. The molecule has 0 aliphatic heterocycles. The molecule has 0 radical (unpaired) electrons. The van der Waals surface area contributed by atoms with Gasteiger partial charge in [-0.25, -0.2) is 4.39 Å². The largest absolute Gasteiger partial charge is 0.207 e. The van der Waals surface area contributed by atoms with Gasteiger partial charge in [-0.2, -0.15) is 5.26 Å². The van der Waals surface area contributed by atoms with Crippen LogP contribution in [0.3, 0.4) is 0 Å². The van der Waals surface area contributed by atoms with E-state index in [1.807, 2.05) is 6.07 Å². The monoisotopic (exact) mass is 201 g/mol. The number of hydrogen-bond acceptors (Lipinski definition) is 1. The first-order valence-corrected chi connectivity index (χ1v) is 3.61. The summed E-state index contributed by atoms with van der Waals surface area (Å²) in [6.07, 6.45) is 4.59. The molecule has 0 aromatic heterocycles. The van der Waals surface area contributed by atoms with E-state index < -0.39 is 4.32 Å². The van der Waals surface area contributed by atoms with Crippen LogP contribution in [0.2, 0.25) is 0 Å². The molecule has 1 atom stereocenters. The topological polar surface area (TPSA) is 23.8 Å². The molecule has 0 spiro atoms. The molecule has 0 fully saturated rings. The van der Waals surface area contributed by atoms with Crippen LogP contribution >= 0.6 is 15.9 Å². The Morgan fingerprint density at radius 3 is 2.90 bits per heavy atom. The van der Waals surface area contributed by atoms with E-state index in [1.165, 1.54) is 18.2 Å². The van der Waals surface area contributed by atoms with Crippen LogP contribution in [-0.2, 0) is 0 Å². The van der Waals surface area contributed by atoms with Crippen LogP contribution in [0.1, 0.15) is 6.42 Å². The van der Waals surface area contributed by atoms with Crippen molar-refractivity contribution in [3.8, 4) is 6.07 Å². The Balaban J connectivity index is 2.80.